The van der Waals surface area contributed by atoms with Crippen LogP contribution in [0.2, 0.25) is 0 Å². The summed E-state index contributed by atoms with van der Waals surface area (Å²) in [6, 6.07) is 10.4. The highest BCUT2D eigenvalue weighted by Crippen LogP contribution is 2.41. The fraction of sp³-hybridized carbons (Fsp3) is 0.273. The molecule has 1 aliphatic rings. The van der Waals surface area contributed by atoms with Crippen LogP contribution in [-0.2, 0) is 12.7 Å². The van der Waals surface area contributed by atoms with Gasteiger partial charge in [0.05, 0.1) is 11.9 Å². The van der Waals surface area contributed by atoms with Crippen LogP contribution in [0.1, 0.15) is 46.1 Å². The van der Waals surface area contributed by atoms with Crippen LogP contribution in [0.3, 0.4) is 0 Å². The van der Waals surface area contributed by atoms with Crippen LogP contribution in [-0.4, -0.2) is 42.2 Å². The lowest BCUT2D eigenvalue weighted by Gasteiger charge is -2.17. The number of nitrogens with zero attached hydrogens (tertiary/aromatic N) is 6. The second-order valence-corrected chi connectivity index (χ2v) is 7.91. The molecule has 0 bridgehead atoms. The molecule has 0 saturated heterocycles. The van der Waals surface area contributed by atoms with Crippen molar-refractivity contribution in [1.29, 1.82) is 0 Å². The van der Waals surface area contributed by atoms with Gasteiger partial charge in [-0.25, -0.2) is 14.2 Å². The van der Waals surface area contributed by atoms with Gasteiger partial charge < -0.3 is 4.90 Å². The highest BCUT2D eigenvalue weighted by atomic mass is 19.4. The van der Waals surface area contributed by atoms with E-state index < -0.39 is 17.8 Å². The fourth-order valence-electron chi connectivity index (χ4n) is 3.65. The Balaban J connectivity index is 1.42. The Bertz CT molecular complexity index is 1270. The molecule has 1 amide bonds. The number of alkyl halides is 3. The van der Waals surface area contributed by atoms with Crippen LogP contribution >= 0.6 is 0 Å². The van der Waals surface area contributed by atoms with Gasteiger partial charge in [-0.05, 0) is 42.7 Å². The SMILES string of the molecule is CN(Cc1ccc(-n2cccn2)cc1)C(=O)c1cnn2c(C(F)(F)F)cc(C3CC3)nc12. The molecule has 0 atom stereocenters. The van der Waals surface area contributed by atoms with Gasteiger partial charge in [-0.3, -0.25) is 4.79 Å². The van der Waals surface area contributed by atoms with E-state index in [0.29, 0.717) is 10.2 Å². The lowest BCUT2D eigenvalue weighted by atomic mass is 10.2. The Hall–Kier alpha value is -3.69. The van der Waals surface area contributed by atoms with Crippen LogP contribution in [0.5, 0.6) is 0 Å². The first-order valence-electron chi connectivity index (χ1n) is 10.1. The molecule has 1 aromatic carbocycles. The van der Waals surface area contributed by atoms with Crippen LogP contribution < -0.4 is 0 Å². The fourth-order valence-corrected chi connectivity index (χ4v) is 3.65. The number of hydrogen-bond acceptors (Lipinski definition) is 4. The van der Waals surface area contributed by atoms with Crippen molar-refractivity contribution in [3.63, 3.8) is 0 Å². The summed E-state index contributed by atoms with van der Waals surface area (Å²) in [6.07, 6.45) is 1.67. The second-order valence-electron chi connectivity index (χ2n) is 7.91. The molecule has 1 fully saturated rings. The maximum Gasteiger partial charge on any atom is 0.433 e. The van der Waals surface area contributed by atoms with Gasteiger partial charge in [-0.15, -0.1) is 0 Å². The van der Waals surface area contributed by atoms with E-state index in [9.17, 15) is 18.0 Å². The first-order valence-corrected chi connectivity index (χ1v) is 10.1. The van der Waals surface area contributed by atoms with Crippen molar-refractivity contribution in [1.82, 2.24) is 29.3 Å². The first-order chi connectivity index (χ1) is 15.3. The summed E-state index contributed by atoms with van der Waals surface area (Å²) in [5, 5.41) is 8.01. The Labute approximate surface area is 181 Å². The number of halogens is 3. The summed E-state index contributed by atoms with van der Waals surface area (Å²) in [4.78, 5) is 18.9. The van der Waals surface area contributed by atoms with Gasteiger partial charge in [0.15, 0.2) is 5.65 Å². The van der Waals surface area contributed by atoms with E-state index in [1.54, 1.807) is 17.9 Å². The van der Waals surface area contributed by atoms with E-state index >= 15 is 0 Å². The topological polar surface area (TPSA) is 68.3 Å². The predicted molar refractivity (Wildman–Crippen MR) is 109 cm³/mol. The maximum absolute atomic E-state index is 13.6. The molecule has 0 N–H and O–H groups in total. The second kappa shape index (κ2) is 7.47. The van der Waals surface area contributed by atoms with Crippen molar-refractivity contribution < 1.29 is 18.0 Å². The normalized spacial score (nSPS) is 14.1. The third kappa shape index (κ3) is 3.72. The first kappa shape index (κ1) is 20.2. The molecule has 0 radical (unpaired) electrons. The molecule has 32 heavy (non-hydrogen) atoms. The van der Waals surface area contributed by atoms with E-state index in [1.165, 1.54) is 4.90 Å². The molecular weight excluding hydrogens is 421 g/mol. The van der Waals surface area contributed by atoms with Crippen LogP contribution in [0.25, 0.3) is 11.3 Å². The number of aromatic nitrogens is 5. The Morgan fingerprint density at radius 1 is 1.19 bits per heavy atom. The molecule has 0 spiro atoms. The summed E-state index contributed by atoms with van der Waals surface area (Å²) in [6.45, 7) is 0.282. The number of carbonyl (C=O) groups excluding carboxylic acids is 1. The van der Waals surface area contributed by atoms with Crippen molar-refractivity contribution in [2.24, 2.45) is 0 Å². The van der Waals surface area contributed by atoms with Crippen LogP contribution in [0.4, 0.5) is 13.2 Å². The smallest absolute Gasteiger partial charge is 0.337 e. The van der Waals surface area contributed by atoms with E-state index in [-0.39, 0.29) is 23.7 Å². The molecule has 7 nitrogen and oxygen atoms in total. The van der Waals surface area contributed by atoms with Gasteiger partial charge in [0.2, 0.25) is 0 Å². The monoisotopic (exact) mass is 440 g/mol. The number of rotatable bonds is 5. The number of benzene rings is 1. The minimum Gasteiger partial charge on any atom is -0.337 e. The zero-order chi connectivity index (χ0) is 22.5. The highest BCUT2D eigenvalue weighted by Gasteiger charge is 2.38. The Morgan fingerprint density at radius 3 is 2.56 bits per heavy atom. The molecule has 10 heteroatoms. The average Bonchev–Trinajstić information content (AvgIpc) is 3.30. The molecule has 164 valence electrons. The summed E-state index contributed by atoms with van der Waals surface area (Å²) >= 11 is 0. The quantitative estimate of drug-likeness (QED) is 0.469. The average molecular weight is 440 g/mol. The van der Waals surface area contributed by atoms with E-state index in [2.05, 4.69) is 15.2 Å². The zero-order valence-electron chi connectivity index (χ0n) is 17.1. The molecular formula is C22H19F3N6O. The Kier molecular flexibility index (Phi) is 4.72. The summed E-state index contributed by atoms with van der Waals surface area (Å²) in [5.41, 5.74) is 1.18. The number of carbonyl (C=O) groups is 1. The molecule has 1 saturated carbocycles. The van der Waals surface area contributed by atoms with Crippen LogP contribution in [0, 0.1) is 0 Å². The lowest BCUT2D eigenvalue weighted by molar-refractivity contribution is -0.142. The van der Waals surface area contributed by atoms with E-state index in [1.807, 2.05) is 36.5 Å². The van der Waals surface area contributed by atoms with Gasteiger partial charge >= 0.3 is 6.18 Å². The number of amides is 1. The van der Waals surface area contributed by atoms with Gasteiger partial charge in [-0.1, -0.05) is 12.1 Å². The summed E-state index contributed by atoms with van der Waals surface area (Å²) in [5.74, 6) is -0.435. The standard InChI is InChI=1S/C22H19F3N6O/c1-29(13-14-3-7-16(8-4-14)30-10-2-9-26-30)21(32)17-12-27-31-19(22(23,24)25)11-18(15-5-6-15)28-20(17)31/h2-4,7-12,15H,5-6,13H2,1H3. The third-order valence-electron chi connectivity index (χ3n) is 5.48. The predicted octanol–water partition coefficient (Wildman–Crippen LogP) is 4.08. The minimum absolute atomic E-state index is 0.00461. The van der Waals surface area contributed by atoms with Crippen molar-refractivity contribution in [3.05, 3.63) is 77.5 Å². The van der Waals surface area contributed by atoms with E-state index in [4.69, 9.17) is 0 Å². The molecule has 3 heterocycles. The van der Waals surface area contributed by atoms with Crippen LogP contribution in [0.15, 0.2) is 55.0 Å². The van der Waals surface area contributed by atoms with Crippen molar-refractivity contribution >= 4 is 11.6 Å². The van der Waals surface area contributed by atoms with Crippen molar-refractivity contribution in [3.8, 4) is 5.69 Å². The van der Waals surface area contributed by atoms with Crippen molar-refractivity contribution in [2.75, 3.05) is 7.05 Å². The highest BCUT2D eigenvalue weighted by molar-refractivity contribution is 5.99. The third-order valence-corrected chi connectivity index (χ3v) is 5.48. The largest absolute Gasteiger partial charge is 0.433 e. The summed E-state index contributed by atoms with van der Waals surface area (Å²) in [7, 11) is 1.60. The lowest BCUT2D eigenvalue weighted by Crippen LogP contribution is -2.26. The zero-order valence-corrected chi connectivity index (χ0v) is 17.1. The molecule has 0 aliphatic heterocycles. The molecule has 1 aliphatic carbocycles. The van der Waals surface area contributed by atoms with E-state index in [0.717, 1.165) is 36.4 Å². The van der Waals surface area contributed by atoms with Gasteiger partial charge in [0.1, 0.15) is 11.3 Å². The number of hydrogen-bond donors (Lipinski definition) is 0. The minimum atomic E-state index is -4.60. The maximum atomic E-state index is 13.6. The van der Waals surface area contributed by atoms with Crippen molar-refractivity contribution in [2.45, 2.75) is 31.5 Å². The van der Waals surface area contributed by atoms with Gasteiger partial charge in [0, 0.05) is 37.6 Å². The number of fused-ring (bicyclic) bond motifs is 1. The van der Waals surface area contributed by atoms with Gasteiger partial charge in [0.25, 0.3) is 5.91 Å². The molecule has 0 unspecified atom stereocenters. The molecule has 5 rings (SSSR count). The molecule has 3 aromatic heterocycles. The summed E-state index contributed by atoms with van der Waals surface area (Å²) < 4.78 is 43.2. The van der Waals surface area contributed by atoms with Gasteiger partial charge in [-0.2, -0.15) is 23.4 Å². The Morgan fingerprint density at radius 2 is 1.94 bits per heavy atom. The molecule has 4 aromatic rings.